The highest BCUT2D eigenvalue weighted by Crippen LogP contribution is 2.45. The number of likely N-dealkylation sites (tertiary alicyclic amines) is 1. The van der Waals surface area contributed by atoms with Crippen LogP contribution in [0.5, 0.6) is 5.75 Å². The van der Waals surface area contributed by atoms with E-state index in [0.29, 0.717) is 18.0 Å². The largest absolute Gasteiger partial charge is 0.489 e. The maximum atomic E-state index is 13.6. The normalized spacial score (nSPS) is 22.4. The molecule has 0 bridgehead atoms. The van der Waals surface area contributed by atoms with Crippen LogP contribution in [-0.2, 0) is 14.4 Å². The summed E-state index contributed by atoms with van der Waals surface area (Å²) in [5.41, 5.74) is 1.03. The molecule has 3 amide bonds. The van der Waals surface area contributed by atoms with Crippen LogP contribution in [0.25, 0.3) is 0 Å². The molecular formula is C25H26N2O4. The van der Waals surface area contributed by atoms with Crippen molar-refractivity contribution in [3.8, 4) is 5.75 Å². The molecule has 31 heavy (non-hydrogen) atoms. The number of hydrogen-bond acceptors (Lipinski definition) is 4. The van der Waals surface area contributed by atoms with Crippen LogP contribution < -0.4 is 9.64 Å². The number of para-hydroxylation sites is 2. The molecule has 0 aromatic heterocycles. The smallest absolute Gasteiger partial charge is 0.247 e. The van der Waals surface area contributed by atoms with Gasteiger partial charge in [0, 0.05) is 6.42 Å². The fourth-order valence-electron chi connectivity index (χ4n) is 5.27. The van der Waals surface area contributed by atoms with E-state index in [1.807, 2.05) is 54.6 Å². The number of anilines is 1. The fraction of sp³-hybridized carbons (Fsp3) is 0.400. The van der Waals surface area contributed by atoms with Gasteiger partial charge in [-0.05, 0) is 30.5 Å². The van der Waals surface area contributed by atoms with E-state index in [1.54, 1.807) is 4.90 Å². The van der Waals surface area contributed by atoms with Crippen molar-refractivity contribution in [2.24, 2.45) is 5.41 Å². The Morgan fingerprint density at radius 1 is 0.968 bits per heavy atom. The van der Waals surface area contributed by atoms with Gasteiger partial charge in [0.15, 0.2) is 0 Å². The molecule has 1 saturated heterocycles. The van der Waals surface area contributed by atoms with Crippen LogP contribution in [0.3, 0.4) is 0 Å². The summed E-state index contributed by atoms with van der Waals surface area (Å²) < 4.78 is 5.93. The Balaban J connectivity index is 1.45. The third-order valence-corrected chi connectivity index (χ3v) is 6.88. The summed E-state index contributed by atoms with van der Waals surface area (Å²) in [7, 11) is 0. The van der Waals surface area contributed by atoms with E-state index in [2.05, 4.69) is 0 Å². The number of carbonyl (C=O) groups excluding carboxylic acids is 3. The Kier molecular flexibility index (Phi) is 5.00. The SMILES string of the molecule is O=C1CC2(CCCCC2)C(=O)N1CC(=O)N1c2ccccc2OCC1c1ccccc1. The van der Waals surface area contributed by atoms with E-state index in [4.69, 9.17) is 4.74 Å². The lowest BCUT2D eigenvalue weighted by molar-refractivity contribution is -0.145. The number of amides is 3. The zero-order chi connectivity index (χ0) is 21.4. The average molecular weight is 418 g/mol. The van der Waals surface area contributed by atoms with Crippen molar-refractivity contribution < 1.29 is 19.1 Å². The van der Waals surface area contributed by atoms with Crippen molar-refractivity contribution in [3.63, 3.8) is 0 Å². The van der Waals surface area contributed by atoms with Gasteiger partial charge < -0.3 is 4.74 Å². The lowest BCUT2D eigenvalue weighted by atomic mass is 9.73. The number of imide groups is 1. The van der Waals surface area contributed by atoms with E-state index >= 15 is 0 Å². The first-order valence-electron chi connectivity index (χ1n) is 11.0. The van der Waals surface area contributed by atoms with Gasteiger partial charge >= 0.3 is 0 Å². The van der Waals surface area contributed by atoms with Gasteiger partial charge in [-0.1, -0.05) is 61.7 Å². The first-order valence-corrected chi connectivity index (χ1v) is 11.0. The highest BCUT2D eigenvalue weighted by atomic mass is 16.5. The molecule has 2 aromatic rings. The van der Waals surface area contributed by atoms with Crippen LogP contribution in [0.4, 0.5) is 5.69 Å². The van der Waals surface area contributed by atoms with Crippen LogP contribution >= 0.6 is 0 Å². The van der Waals surface area contributed by atoms with Gasteiger partial charge in [0.25, 0.3) is 0 Å². The number of carbonyl (C=O) groups is 3. The van der Waals surface area contributed by atoms with Crippen LogP contribution in [0, 0.1) is 5.41 Å². The highest BCUT2D eigenvalue weighted by molar-refractivity contribution is 6.10. The molecule has 2 aromatic carbocycles. The Bertz CT molecular complexity index is 1010. The van der Waals surface area contributed by atoms with Crippen LogP contribution in [0.1, 0.15) is 50.1 Å². The van der Waals surface area contributed by atoms with Crippen LogP contribution in [0.2, 0.25) is 0 Å². The molecule has 2 aliphatic heterocycles. The van der Waals surface area contributed by atoms with Gasteiger partial charge in [0.05, 0.1) is 17.1 Å². The lowest BCUT2D eigenvalue weighted by Crippen LogP contribution is -2.48. The second kappa shape index (κ2) is 7.84. The molecule has 0 N–H and O–H groups in total. The summed E-state index contributed by atoms with van der Waals surface area (Å²) in [5, 5.41) is 0. The number of nitrogens with zero attached hydrogens (tertiary/aromatic N) is 2. The van der Waals surface area contributed by atoms with Gasteiger partial charge in [-0.3, -0.25) is 24.2 Å². The third-order valence-electron chi connectivity index (χ3n) is 6.88. The van der Waals surface area contributed by atoms with E-state index < -0.39 is 5.41 Å². The molecule has 0 radical (unpaired) electrons. The third kappa shape index (κ3) is 3.40. The molecule has 2 fully saturated rings. The maximum absolute atomic E-state index is 13.6. The van der Waals surface area contributed by atoms with Gasteiger partial charge in [-0.25, -0.2) is 0 Å². The lowest BCUT2D eigenvalue weighted by Gasteiger charge is -2.38. The minimum absolute atomic E-state index is 0.164. The minimum Gasteiger partial charge on any atom is -0.489 e. The Hall–Kier alpha value is -3.15. The van der Waals surface area contributed by atoms with E-state index in [-0.39, 0.29) is 36.7 Å². The minimum atomic E-state index is -0.586. The van der Waals surface area contributed by atoms with E-state index in [1.165, 1.54) is 4.90 Å². The summed E-state index contributed by atoms with van der Waals surface area (Å²) in [6, 6.07) is 16.8. The maximum Gasteiger partial charge on any atom is 0.247 e. The molecule has 1 spiro atoms. The predicted octanol–water partition coefficient (Wildman–Crippen LogP) is 3.86. The summed E-state index contributed by atoms with van der Waals surface area (Å²) in [6.07, 6.45) is 4.76. The molecule has 1 unspecified atom stereocenters. The van der Waals surface area contributed by atoms with Gasteiger partial charge in [-0.15, -0.1) is 0 Å². The summed E-state index contributed by atoms with van der Waals surface area (Å²) in [6.45, 7) is 0.0929. The number of fused-ring (bicyclic) bond motifs is 1. The van der Waals surface area contributed by atoms with Gasteiger partial charge in [0.2, 0.25) is 17.7 Å². The fourth-order valence-corrected chi connectivity index (χ4v) is 5.27. The molecular weight excluding hydrogens is 392 g/mol. The second-order valence-electron chi connectivity index (χ2n) is 8.77. The number of benzene rings is 2. The molecule has 160 valence electrons. The molecule has 5 rings (SSSR count). The topological polar surface area (TPSA) is 66.9 Å². The van der Waals surface area contributed by atoms with Crippen molar-refractivity contribution in [3.05, 3.63) is 60.2 Å². The first kappa shape index (κ1) is 19.8. The Labute approximate surface area is 181 Å². The zero-order valence-corrected chi connectivity index (χ0v) is 17.5. The van der Waals surface area contributed by atoms with Crippen molar-refractivity contribution >= 4 is 23.4 Å². The summed E-state index contributed by atoms with van der Waals surface area (Å²) >= 11 is 0. The van der Waals surface area contributed by atoms with Crippen molar-refractivity contribution in [2.75, 3.05) is 18.1 Å². The molecule has 2 heterocycles. The quantitative estimate of drug-likeness (QED) is 0.710. The summed E-state index contributed by atoms with van der Waals surface area (Å²) in [4.78, 5) is 42.5. The standard InChI is InChI=1S/C25H26N2O4/c28-22-15-25(13-7-2-8-14-25)24(30)26(22)16-23(29)27-19-11-5-6-12-21(19)31-17-20(27)18-9-3-1-4-10-18/h1,3-6,9-12,20H,2,7-8,13-17H2. The van der Waals surface area contributed by atoms with E-state index in [9.17, 15) is 14.4 Å². The van der Waals surface area contributed by atoms with Crippen LogP contribution in [-0.4, -0.2) is 35.8 Å². The molecule has 1 atom stereocenters. The van der Waals surface area contributed by atoms with Crippen molar-refractivity contribution in [1.82, 2.24) is 4.90 Å². The highest BCUT2D eigenvalue weighted by Gasteiger charge is 2.52. The second-order valence-corrected chi connectivity index (χ2v) is 8.77. The summed E-state index contributed by atoms with van der Waals surface area (Å²) in [5.74, 6) is -0.0218. The predicted molar refractivity (Wildman–Crippen MR) is 115 cm³/mol. The van der Waals surface area contributed by atoms with Crippen LogP contribution in [0.15, 0.2) is 54.6 Å². The Morgan fingerprint density at radius 3 is 2.45 bits per heavy atom. The average Bonchev–Trinajstić information content (AvgIpc) is 3.03. The number of hydrogen-bond donors (Lipinski definition) is 0. The molecule has 1 aliphatic carbocycles. The molecule has 1 saturated carbocycles. The van der Waals surface area contributed by atoms with Gasteiger partial charge in [0.1, 0.15) is 18.9 Å². The van der Waals surface area contributed by atoms with Crippen molar-refractivity contribution in [2.45, 2.75) is 44.6 Å². The molecule has 3 aliphatic rings. The Morgan fingerprint density at radius 2 is 1.68 bits per heavy atom. The van der Waals surface area contributed by atoms with E-state index in [0.717, 1.165) is 37.7 Å². The zero-order valence-electron chi connectivity index (χ0n) is 17.5. The van der Waals surface area contributed by atoms with Gasteiger partial charge in [-0.2, -0.15) is 0 Å². The molecule has 6 heteroatoms. The monoisotopic (exact) mass is 418 g/mol. The van der Waals surface area contributed by atoms with Crippen molar-refractivity contribution in [1.29, 1.82) is 0 Å². The number of rotatable bonds is 3. The first-order chi connectivity index (χ1) is 15.1. The molecule has 6 nitrogen and oxygen atoms in total. The number of ether oxygens (including phenoxy) is 1.